The van der Waals surface area contributed by atoms with Crippen LogP contribution in [0.5, 0.6) is 0 Å². The Labute approximate surface area is 181 Å². The first-order valence-electron chi connectivity index (χ1n) is 9.63. The molecule has 0 amide bonds. The zero-order chi connectivity index (χ0) is 22.2. The van der Waals surface area contributed by atoms with Crippen LogP contribution in [0.2, 0.25) is 0 Å². The van der Waals surface area contributed by atoms with Gasteiger partial charge in [-0.15, -0.1) is 0 Å². The number of halogens is 4. The zero-order valence-corrected chi connectivity index (χ0v) is 17.5. The Morgan fingerprint density at radius 2 is 1.74 bits per heavy atom. The third kappa shape index (κ3) is 4.47. The lowest BCUT2D eigenvalue weighted by Gasteiger charge is -2.35. The monoisotopic (exact) mass is 452 g/mol. The molecule has 0 bridgehead atoms. The Bertz CT molecular complexity index is 1110. The van der Waals surface area contributed by atoms with Gasteiger partial charge in [-0.3, -0.25) is 4.90 Å². The number of hydrogen-bond donors (Lipinski definition) is 0. The smallest absolute Gasteiger partial charge is 0.354 e. The summed E-state index contributed by atoms with van der Waals surface area (Å²) in [6, 6.07) is 8.85. The van der Waals surface area contributed by atoms with Crippen LogP contribution in [-0.2, 0) is 19.9 Å². The van der Waals surface area contributed by atoms with Gasteiger partial charge in [-0.1, -0.05) is 12.1 Å². The van der Waals surface area contributed by atoms with Crippen molar-refractivity contribution in [2.24, 2.45) is 7.05 Å². The van der Waals surface area contributed by atoms with Crippen LogP contribution in [0.3, 0.4) is 0 Å². The number of hydrogen-bond acceptors (Lipinski definition) is 5. The highest BCUT2D eigenvalue weighted by molar-refractivity contribution is 7.71. The van der Waals surface area contributed by atoms with Gasteiger partial charge in [0.15, 0.2) is 10.6 Å². The molecule has 1 aliphatic rings. The summed E-state index contributed by atoms with van der Waals surface area (Å²) in [4.78, 5) is 8.04. The van der Waals surface area contributed by atoms with Gasteiger partial charge < -0.3 is 9.47 Å². The minimum Gasteiger partial charge on any atom is -0.354 e. The van der Waals surface area contributed by atoms with Crippen LogP contribution in [0.15, 0.2) is 42.6 Å². The van der Waals surface area contributed by atoms with Gasteiger partial charge in [-0.25, -0.2) is 14.1 Å². The van der Waals surface area contributed by atoms with Crippen molar-refractivity contribution in [2.45, 2.75) is 12.8 Å². The molecule has 0 N–H and O–H groups in total. The molecule has 1 fully saturated rings. The van der Waals surface area contributed by atoms with Crippen molar-refractivity contribution in [3.8, 4) is 11.4 Å². The third-order valence-electron chi connectivity index (χ3n) is 5.26. The van der Waals surface area contributed by atoms with Gasteiger partial charge in [0.05, 0.1) is 17.8 Å². The van der Waals surface area contributed by atoms with Crippen LogP contribution >= 0.6 is 12.2 Å². The zero-order valence-electron chi connectivity index (χ0n) is 16.7. The van der Waals surface area contributed by atoms with E-state index in [1.165, 1.54) is 12.1 Å². The highest BCUT2D eigenvalue weighted by atomic mass is 32.1. The predicted octanol–water partition coefficient (Wildman–Crippen LogP) is 3.95. The molecule has 11 heteroatoms. The molecule has 0 atom stereocenters. The van der Waals surface area contributed by atoms with Crippen LogP contribution in [0.4, 0.5) is 23.4 Å². The molecule has 164 valence electrons. The molecule has 0 radical (unpaired) electrons. The first-order chi connectivity index (χ1) is 14.7. The Kier molecular flexibility index (Phi) is 5.80. The molecule has 3 heterocycles. The van der Waals surface area contributed by atoms with Crippen molar-refractivity contribution in [3.63, 3.8) is 0 Å². The van der Waals surface area contributed by atoms with E-state index in [1.54, 1.807) is 34.5 Å². The van der Waals surface area contributed by atoms with Gasteiger partial charge in [0, 0.05) is 39.4 Å². The van der Waals surface area contributed by atoms with Crippen LogP contribution in [-0.4, -0.2) is 50.4 Å². The topological polar surface area (TPSA) is 42.1 Å². The second-order valence-corrected chi connectivity index (χ2v) is 7.66. The summed E-state index contributed by atoms with van der Waals surface area (Å²) in [6.45, 7) is 2.99. The van der Waals surface area contributed by atoms with Crippen LogP contribution in [0.25, 0.3) is 11.4 Å². The number of piperazine rings is 1. The minimum atomic E-state index is -4.40. The van der Waals surface area contributed by atoms with Crippen molar-refractivity contribution in [2.75, 3.05) is 31.1 Å². The van der Waals surface area contributed by atoms with Crippen LogP contribution < -0.4 is 4.90 Å². The summed E-state index contributed by atoms with van der Waals surface area (Å²) in [5.74, 6) is 0.607. The van der Waals surface area contributed by atoms with E-state index in [-0.39, 0.29) is 5.82 Å². The van der Waals surface area contributed by atoms with E-state index in [1.807, 2.05) is 4.90 Å². The molecule has 0 unspecified atom stereocenters. The fraction of sp³-hybridized carbons (Fsp3) is 0.350. The van der Waals surface area contributed by atoms with Gasteiger partial charge in [-0.2, -0.15) is 18.3 Å². The fourth-order valence-electron chi connectivity index (χ4n) is 3.51. The van der Waals surface area contributed by atoms with Gasteiger partial charge >= 0.3 is 6.18 Å². The number of aromatic nitrogens is 4. The molecule has 0 spiro atoms. The normalized spacial score (nSPS) is 15.5. The lowest BCUT2D eigenvalue weighted by Crippen LogP contribution is -2.47. The van der Waals surface area contributed by atoms with Crippen LogP contribution in [0.1, 0.15) is 5.56 Å². The van der Waals surface area contributed by atoms with Gasteiger partial charge in [-0.05, 0) is 36.5 Å². The van der Waals surface area contributed by atoms with Gasteiger partial charge in [0.1, 0.15) is 11.6 Å². The molecular formula is C20H20F4N6S. The largest absolute Gasteiger partial charge is 0.417 e. The molecule has 31 heavy (non-hydrogen) atoms. The van der Waals surface area contributed by atoms with E-state index >= 15 is 0 Å². The molecule has 2 aromatic heterocycles. The SMILES string of the molecule is Cn1c(-c2ccccc2F)nn(CN2CCN(c3ccc(C(F)(F)F)cn3)CC2)c1=S. The number of nitrogens with zero attached hydrogens (tertiary/aromatic N) is 6. The lowest BCUT2D eigenvalue weighted by atomic mass is 10.2. The summed E-state index contributed by atoms with van der Waals surface area (Å²) in [5, 5.41) is 4.51. The first kappa shape index (κ1) is 21.4. The van der Waals surface area contributed by atoms with Crippen LogP contribution in [0, 0.1) is 10.6 Å². The molecule has 1 aromatic carbocycles. The summed E-state index contributed by atoms with van der Waals surface area (Å²) >= 11 is 5.47. The average molecular weight is 452 g/mol. The molecule has 6 nitrogen and oxygen atoms in total. The Morgan fingerprint density at radius 1 is 1.03 bits per heavy atom. The summed E-state index contributed by atoms with van der Waals surface area (Å²) in [7, 11) is 1.75. The molecule has 1 aliphatic heterocycles. The highest BCUT2D eigenvalue weighted by Gasteiger charge is 2.31. The standard InChI is InChI=1S/C20H20F4N6S/c1-27-18(15-4-2-3-5-16(15)21)26-30(19(27)31)13-28-8-10-29(11-9-28)17-7-6-14(12-25-17)20(22,23)24/h2-7,12H,8-11,13H2,1H3. The molecule has 0 saturated carbocycles. The molecule has 0 aliphatic carbocycles. The maximum atomic E-state index is 14.2. The fourth-order valence-corrected chi connectivity index (χ4v) is 3.69. The minimum absolute atomic E-state index is 0.365. The number of benzene rings is 1. The number of pyridine rings is 1. The van der Waals surface area contributed by atoms with E-state index < -0.39 is 11.7 Å². The maximum absolute atomic E-state index is 14.2. The van der Waals surface area contributed by atoms with E-state index in [4.69, 9.17) is 12.2 Å². The van der Waals surface area contributed by atoms with E-state index in [0.29, 0.717) is 54.8 Å². The summed E-state index contributed by atoms with van der Waals surface area (Å²) in [6.07, 6.45) is -3.53. The van der Waals surface area contributed by atoms with E-state index in [0.717, 1.165) is 12.3 Å². The Morgan fingerprint density at radius 3 is 2.35 bits per heavy atom. The molecular weight excluding hydrogens is 432 g/mol. The maximum Gasteiger partial charge on any atom is 0.417 e. The first-order valence-corrected chi connectivity index (χ1v) is 10.0. The van der Waals surface area contributed by atoms with Crippen molar-refractivity contribution in [3.05, 3.63) is 58.7 Å². The second-order valence-electron chi connectivity index (χ2n) is 7.29. The number of alkyl halides is 3. The van der Waals surface area contributed by atoms with Crippen molar-refractivity contribution in [1.82, 2.24) is 24.2 Å². The number of anilines is 1. The Balaban J connectivity index is 1.42. The second kappa shape index (κ2) is 8.39. The van der Waals surface area contributed by atoms with E-state index in [9.17, 15) is 17.6 Å². The summed E-state index contributed by atoms with van der Waals surface area (Å²) < 4.78 is 56.1. The highest BCUT2D eigenvalue weighted by Crippen LogP contribution is 2.29. The lowest BCUT2D eigenvalue weighted by molar-refractivity contribution is -0.137. The average Bonchev–Trinajstić information content (AvgIpc) is 3.02. The van der Waals surface area contributed by atoms with Gasteiger partial charge in [0.2, 0.25) is 0 Å². The molecule has 3 aromatic rings. The molecule has 1 saturated heterocycles. The van der Waals surface area contributed by atoms with Crippen molar-refractivity contribution < 1.29 is 17.6 Å². The van der Waals surface area contributed by atoms with Gasteiger partial charge in [0.25, 0.3) is 0 Å². The third-order valence-corrected chi connectivity index (χ3v) is 5.75. The quantitative estimate of drug-likeness (QED) is 0.443. The van der Waals surface area contributed by atoms with Crippen molar-refractivity contribution >= 4 is 18.0 Å². The molecule has 4 rings (SSSR count). The Hall–Kier alpha value is -2.79. The van der Waals surface area contributed by atoms with Crippen molar-refractivity contribution in [1.29, 1.82) is 0 Å². The summed E-state index contributed by atoms with van der Waals surface area (Å²) in [5.41, 5.74) is -0.377. The predicted molar refractivity (Wildman–Crippen MR) is 110 cm³/mol. The van der Waals surface area contributed by atoms with E-state index in [2.05, 4.69) is 15.0 Å². The number of rotatable bonds is 4.